The molecular formula is C9H14N2O. The standard InChI is InChI=1S/C9H14N2O/c1-7-5-9(11-12-7)6-8-3-2-4-10-8/h5,8,10H,2-4,6H2,1H3. The van der Waals surface area contributed by atoms with E-state index in [0.29, 0.717) is 6.04 Å². The molecule has 1 atom stereocenters. The lowest BCUT2D eigenvalue weighted by atomic mass is 10.1. The van der Waals surface area contributed by atoms with E-state index in [0.717, 1.165) is 24.4 Å². The maximum atomic E-state index is 5.00. The Morgan fingerprint density at radius 2 is 2.67 bits per heavy atom. The first kappa shape index (κ1) is 7.80. The molecule has 2 rings (SSSR count). The van der Waals surface area contributed by atoms with E-state index >= 15 is 0 Å². The van der Waals surface area contributed by atoms with Crippen LogP contribution in [0.25, 0.3) is 0 Å². The van der Waals surface area contributed by atoms with E-state index in [1.165, 1.54) is 12.8 Å². The highest BCUT2D eigenvalue weighted by Crippen LogP contribution is 2.11. The highest BCUT2D eigenvalue weighted by molar-refractivity contribution is 5.05. The zero-order valence-electron chi connectivity index (χ0n) is 7.34. The first-order valence-electron chi connectivity index (χ1n) is 4.50. The van der Waals surface area contributed by atoms with E-state index in [1.54, 1.807) is 0 Å². The second kappa shape index (κ2) is 3.27. The molecule has 0 aromatic carbocycles. The Morgan fingerprint density at radius 3 is 3.25 bits per heavy atom. The lowest BCUT2D eigenvalue weighted by Crippen LogP contribution is -2.23. The van der Waals surface area contributed by atoms with Gasteiger partial charge in [-0.2, -0.15) is 0 Å². The van der Waals surface area contributed by atoms with Gasteiger partial charge in [-0.1, -0.05) is 5.16 Å². The second-order valence-corrected chi connectivity index (χ2v) is 3.43. The van der Waals surface area contributed by atoms with E-state index in [-0.39, 0.29) is 0 Å². The zero-order valence-corrected chi connectivity index (χ0v) is 7.34. The van der Waals surface area contributed by atoms with E-state index in [4.69, 9.17) is 4.52 Å². The van der Waals surface area contributed by atoms with Crippen LogP contribution in [0.5, 0.6) is 0 Å². The second-order valence-electron chi connectivity index (χ2n) is 3.43. The van der Waals surface area contributed by atoms with Crippen LogP contribution in [0.3, 0.4) is 0 Å². The maximum Gasteiger partial charge on any atom is 0.133 e. The summed E-state index contributed by atoms with van der Waals surface area (Å²) in [7, 11) is 0. The molecule has 0 spiro atoms. The third-order valence-corrected chi connectivity index (χ3v) is 2.29. The number of rotatable bonds is 2. The average Bonchev–Trinajstić information content (AvgIpc) is 2.63. The fourth-order valence-corrected chi connectivity index (χ4v) is 1.70. The van der Waals surface area contributed by atoms with Crippen LogP contribution < -0.4 is 5.32 Å². The molecule has 66 valence electrons. The quantitative estimate of drug-likeness (QED) is 0.719. The third-order valence-electron chi connectivity index (χ3n) is 2.29. The van der Waals surface area contributed by atoms with Crippen molar-refractivity contribution in [1.82, 2.24) is 10.5 Å². The number of hydrogen-bond donors (Lipinski definition) is 1. The first-order chi connectivity index (χ1) is 5.84. The lowest BCUT2D eigenvalue weighted by molar-refractivity contribution is 0.387. The Morgan fingerprint density at radius 1 is 1.75 bits per heavy atom. The van der Waals surface area contributed by atoms with Crippen molar-refractivity contribution < 1.29 is 4.52 Å². The summed E-state index contributed by atoms with van der Waals surface area (Å²) in [6.07, 6.45) is 3.57. The summed E-state index contributed by atoms with van der Waals surface area (Å²) < 4.78 is 5.00. The Bertz CT molecular complexity index is 251. The number of aromatic nitrogens is 1. The molecule has 1 aromatic heterocycles. The van der Waals surface area contributed by atoms with Crippen LogP contribution in [-0.2, 0) is 6.42 Å². The summed E-state index contributed by atoms with van der Waals surface area (Å²) in [6, 6.07) is 2.63. The molecule has 1 N–H and O–H groups in total. The van der Waals surface area contributed by atoms with Crippen molar-refractivity contribution >= 4 is 0 Å². The molecule has 12 heavy (non-hydrogen) atoms. The minimum atomic E-state index is 0.620. The fourth-order valence-electron chi connectivity index (χ4n) is 1.70. The molecule has 0 amide bonds. The Hall–Kier alpha value is -0.830. The Labute approximate surface area is 72.1 Å². The molecule has 1 aliphatic heterocycles. The van der Waals surface area contributed by atoms with E-state index in [1.807, 2.05) is 13.0 Å². The van der Waals surface area contributed by atoms with Crippen molar-refractivity contribution in [3.63, 3.8) is 0 Å². The van der Waals surface area contributed by atoms with Gasteiger partial charge in [0.15, 0.2) is 0 Å². The monoisotopic (exact) mass is 166 g/mol. The molecule has 3 heteroatoms. The summed E-state index contributed by atoms with van der Waals surface area (Å²) in [4.78, 5) is 0. The average molecular weight is 166 g/mol. The molecular weight excluding hydrogens is 152 g/mol. The molecule has 0 aliphatic carbocycles. The molecule has 1 saturated heterocycles. The molecule has 1 unspecified atom stereocenters. The SMILES string of the molecule is Cc1cc(CC2CCCN2)no1. The minimum absolute atomic E-state index is 0.620. The summed E-state index contributed by atoms with van der Waals surface area (Å²) in [5.74, 6) is 0.906. The van der Waals surface area contributed by atoms with Crippen LogP contribution in [0.1, 0.15) is 24.3 Å². The van der Waals surface area contributed by atoms with Crippen LogP contribution >= 0.6 is 0 Å². The largest absolute Gasteiger partial charge is 0.361 e. The zero-order chi connectivity index (χ0) is 8.39. The van der Waals surface area contributed by atoms with E-state index in [9.17, 15) is 0 Å². The van der Waals surface area contributed by atoms with Crippen molar-refractivity contribution in [1.29, 1.82) is 0 Å². The van der Waals surface area contributed by atoms with Crippen LogP contribution in [0.2, 0.25) is 0 Å². The molecule has 3 nitrogen and oxygen atoms in total. The molecule has 1 aromatic rings. The summed E-state index contributed by atoms with van der Waals surface area (Å²) in [5.41, 5.74) is 1.08. The fraction of sp³-hybridized carbons (Fsp3) is 0.667. The van der Waals surface area contributed by atoms with Crippen LogP contribution in [0, 0.1) is 6.92 Å². The van der Waals surface area contributed by atoms with Gasteiger partial charge in [0, 0.05) is 18.5 Å². The van der Waals surface area contributed by atoms with E-state index < -0.39 is 0 Å². The van der Waals surface area contributed by atoms with Crippen molar-refractivity contribution in [3.8, 4) is 0 Å². The van der Waals surface area contributed by atoms with Gasteiger partial charge in [0.05, 0.1) is 5.69 Å². The lowest BCUT2D eigenvalue weighted by Gasteiger charge is -2.05. The number of aryl methyl sites for hydroxylation is 1. The predicted molar refractivity (Wildman–Crippen MR) is 46.0 cm³/mol. The normalized spacial score (nSPS) is 23.2. The maximum absolute atomic E-state index is 5.00. The van der Waals surface area contributed by atoms with Crippen LogP contribution in [0.4, 0.5) is 0 Å². The topological polar surface area (TPSA) is 38.1 Å². The van der Waals surface area contributed by atoms with Gasteiger partial charge in [0.1, 0.15) is 5.76 Å². The third kappa shape index (κ3) is 1.67. The Balaban J connectivity index is 1.94. The van der Waals surface area contributed by atoms with Crippen LogP contribution in [0.15, 0.2) is 10.6 Å². The van der Waals surface area contributed by atoms with Gasteiger partial charge in [-0.05, 0) is 26.3 Å². The minimum Gasteiger partial charge on any atom is -0.361 e. The van der Waals surface area contributed by atoms with Crippen molar-refractivity contribution in [2.75, 3.05) is 6.54 Å². The Kier molecular flexibility index (Phi) is 2.13. The van der Waals surface area contributed by atoms with Gasteiger partial charge < -0.3 is 9.84 Å². The summed E-state index contributed by atoms with van der Waals surface area (Å²) in [6.45, 7) is 3.08. The van der Waals surface area contributed by atoms with Gasteiger partial charge >= 0.3 is 0 Å². The van der Waals surface area contributed by atoms with Gasteiger partial charge in [-0.25, -0.2) is 0 Å². The van der Waals surface area contributed by atoms with Crippen molar-refractivity contribution in [2.45, 2.75) is 32.2 Å². The number of nitrogens with one attached hydrogen (secondary N) is 1. The highest BCUT2D eigenvalue weighted by atomic mass is 16.5. The molecule has 2 heterocycles. The number of hydrogen-bond acceptors (Lipinski definition) is 3. The molecule has 0 saturated carbocycles. The van der Waals surface area contributed by atoms with Gasteiger partial charge in [-0.3, -0.25) is 0 Å². The van der Waals surface area contributed by atoms with E-state index in [2.05, 4.69) is 10.5 Å². The number of nitrogens with zero attached hydrogens (tertiary/aromatic N) is 1. The first-order valence-corrected chi connectivity index (χ1v) is 4.50. The highest BCUT2D eigenvalue weighted by Gasteiger charge is 2.15. The molecule has 0 bridgehead atoms. The van der Waals surface area contributed by atoms with Gasteiger partial charge in [0.25, 0.3) is 0 Å². The predicted octanol–water partition coefficient (Wildman–Crippen LogP) is 1.28. The van der Waals surface area contributed by atoms with Gasteiger partial charge in [0.2, 0.25) is 0 Å². The van der Waals surface area contributed by atoms with Crippen LogP contribution in [-0.4, -0.2) is 17.7 Å². The summed E-state index contributed by atoms with van der Waals surface area (Å²) >= 11 is 0. The smallest absolute Gasteiger partial charge is 0.133 e. The summed E-state index contributed by atoms with van der Waals surface area (Å²) in [5, 5.41) is 7.40. The molecule has 1 aliphatic rings. The van der Waals surface area contributed by atoms with Crippen molar-refractivity contribution in [3.05, 3.63) is 17.5 Å². The van der Waals surface area contributed by atoms with Gasteiger partial charge in [-0.15, -0.1) is 0 Å². The molecule has 1 fully saturated rings. The van der Waals surface area contributed by atoms with Crippen molar-refractivity contribution in [2.24, 2.45) is 0 Å². The molecule has 0 radical (unpaired) electrons.